The van der Waals surface area contributed by atoms with Gasteiger partial charge in [-0.1, -0.05) is 42.5 Å². The van der Waals surface area contributed by atoms with E-state index in [2.05, 4.69) is 18.2 Å². The number of carbonyl (C=O) groups is 2. The summed E-state index contributed by atoms with van der Waals surface area (Å²) in [6, 6.07) is 17.9. The summed E-state index contributed by atoms with van der Waals surface area (Å²) in [5.74, 6) is 0.525. The Morgan fingerprint density at radius 2 is 1.69 bits per heavy atom. The molecule has 3 aliphatic rings. The van der Waals surface area contributed by atoms with Crippen LogP contribution in [0.1, 0.15) is 37.3 Å². The molecule has 1 fully saturated rings. The second kappa shape index (κ2) is 6.73. The monoisotopic (exact) mass is 385 g/mol. The van der Waals surface area contributed by atoms with Gasteiger partial charge in [-0.2, -0.15) is 0 Å². The summed E-state index contributed by atoms with van der Waals surface area (Å²) in [5.41, 5.74) is 5.67. The van der Waals surface area contributed by atoms with Crippen molar-refractivity contribution in [1.82, 2.24) is 0 Å². The van der Waals surface area contributed by atoms with Gasteiger partial charge in [0.1, 0.15) is 0 Å². The van der Waals surface area contributed by atoms with Gasteiger partial charge < -0.3 is 4.74 Å². The van der Waals surface area contributed by atoms with E-state index in [1.165, 1.54) is 11.1 Å². The van der Waals surface area contributed by atoms with Crippen LogP contribution in [-0.4, -0.2) is 17.9 Å². The molecule has 0 saturated heterocycles. The molecule has 3 atom stereocenters. The number of anilines is 1. The van der Waals surface area contributed by atoms with Crippen molar-refractivity contribution in [3.8, 4) is 0 Å². The summed E-state index contributed by atoms with van der Waals surface area (Å²) in [6.07, 6.45) is 2.61. The smallest absolute Gasteiger partial charge is 0.257 e. The van der Waals surface area contributed by atoms with Crippen molar-refractivity contribution < 1.29 is 14.3 Å². The standard InChI is InChI=1S/C25H23NO3/c1-15-16(2)25(26(24(15)28)19-9-4-3-5-10-19)29-14-21-22(27)13-18-12-17-8-6-7-11-20(17)23(18)21/h3-11,14,18,23,25H,12-13H2,1-2H3/b21-14-. The third-order valence-electron chi connectivity index (χ3n) is 6.54. The molecule has 1 heterocycles. The number of Topliss-reactive ketones (excluding diaryl/α,β-unsaturated/α-hetero) is 1. The van der Waals surface area contributed by atoms with Gasteiger partial charge in [0.15, 0.2) is 5.78 Å². The fourth-order valence-electron chi connectivity index (χ4n) is 4.93. The summed E-state index contributed by atoms with van der Waals surface area (Å²) in [7, 11) is 0. The zero-order chi connectivity index (χ0) is 20.1. The molecule has 1 amide bonds. The quantitative estimate of drug-likeness (QED) is 0.576. The molecule has 1 aliphatic heterocycles. The molecule has 2 aliphatic carbocycles. The summed E-state index contributed by atoms with van der Waals surface area (Å²) in [5, 5.41) is 0. The van der Waals surface area contributed by atoms with E-state index in [9.17, 15) is 9.59 Å². The maximum absolute atomic E-state index is 12.8. The lowest BCUT2D eigenvalue weighted by Gasteiger charge is -2.26. The van der Waals surface area contributed by atoms with Gasteiger partial charge in [-0.3, -0.25) is 14.5 Å². The van der Waals surface area contributed by atoms with Crippen molar-refractivity contribution in [2.75, 3.05) is 4.90 Å². The van der Waals surface area contributed by atoms with Gasteiger partial charge in [0.25, 0.3) is 5.91 Å². The molecule has 1 saturated carbocycles. The number of para-hydroxylation sites is 1. The van der Waals surface area contributed by atoms with Crippen LogP contribution in [0.4, 0.5) is 5.69 Å². The van der Waals surface area contributed by atoms with Crippen LogP contribution >= 0.6 is 0 Å². The first-order chi connectivity index (χ1) is 14.1. The zero-order valence-corrected chi connectivity index (χ0v) is 16.6. The van der Waals surface area contributed by atoms with E-state index >= 15 is 0 Å². The Hall–Kier alpha value is -3.14. The molecule has 0 radical (unpaired) electrons. The molecule has 29 heavy (non-hydrogen) atoms. The van der Waals surface area contributed by atoms with Crippen LogP contribution in [0.3, 0.4) is 0 Å². The molecule has 4 heteroatoms. The van der Waals surface area contributed by atoms with Crippen molar-refractivity contribution in [2.24, 2.45) is 5.92 Å². The summed E-state index contributed by atoms with van der Waals surface area (Å²) < 4.78 is 6.16. The number of fused-ring (bicyclic) bond motifs is 3. The second-order valence-corrected chi connectivity index (χ2v) is 8.15. The molecular weight excluding hydrogens is 362 g/mol. The number of ketones is 1. The molecule has 0 spiro atoms. The fourth-order valence-corrected chi connectivity index (χ4v) is 4.93. The highest BCUT2D eigenvalue weighted by Gasteiger charge is 2.44. The van der Waals surface area contributed by atoms with Crippen molar-refractivity contribution in [3.05, 3.63) is 88.7 Å². The molecular formula is C25H23NO3. The Morgan fingerprint density at radius 1 is 0.966 bits per heavy atom. The number of rotatable bonds is 3. The van der Waals surface area contributed by atoms with Gasteiger partial charge >= 0.3 is 0 Å². The van der Waals surface area contributed by atoms with Gasteiger partial charge in [0.2, 0.25) is 6.23 Å². The van der Waals surface area contributed by atoms with E-state index in [1.807, 2.05) is 50.2 Å². The van der Waals surface area contributed by atoms with E-state index in [4.69, 9.17) is 4.74 Å². The van der Waals surface area contributed by atoms with Crippen LogP contribution < -0.4 is 4.90 Å². The molecule has 3 unspecified atom stereocenters. The first kappa shape index (κ1) is 17.9. The van der Waals surface area contributed by atoms with Crippen LogP contribution in [0.2, 0.25) is 0 Å². The first-order valence-corrected chi connectivity index (χ1v) is 10.1. The molecule has 4 nitrogen and oxygen atoms in total. The van der Waals surface area contributed by atoms with Gasteiger partial charge in [0.05, 0.1) is 6.26 Å². The maximum atomic E-state index is 12.8. The van der Waals surface area contributed by atoms with Gasteiger partial charge in [-0.05, 0) is 55.0 Å². The van der Waals surface area contributed by atoms with Crippen LogP contribution in [0.25, 0.3) is 0 Å². The average molecular weight is 385 g/mol. The lowest BCUT2D eigenvalue weighted by atomic mass is 9.93. The number of allylic oxidation sites excluding steroid dienone is 1. The normalized spacial score (nSPS) is 27.0. The second-order valence-electron chi connectivity index (χ2n) is 8.15. The Morgan fingerprint density at radius 3 is 2.48 bits per heavy atom. The van der Waals surface area contributed by atoms with Crippen molar-refractivity contribution in [2.45, 2.75) is 38.8 Å². The van der Waals surface area contributed by atoms with E-state index in [-0.39, 0.29) is 17.6 Å². The highest BCUT2D eigenvalue weighted by atomic mass is 16.5. The number of hydrogen-bond acceptors (Lipinski definition) is 3. The van der Waals surface area contributed by atoms with Crippen LogP contribution in [0.5, 0.6) is 0 Å². The molecule has 0 N–H and O–H groups in total. The highest BCUT2D eigenvalue weighted by Crippen LogP contribution is 2.49. The lowest BCUT2D eigenvalue weighted by molar-refractivity contribution is -0.115. The largest absolute Gasteiger partial charge is 0.473 e. The van der Waals surface area contributed by atoms with Crippen molar-refractivity contribution in [3.63, 3.8) is 0 Å². The molecule has 2 aromatic carbocycles. The van der Waals surface area contributed by atoms with Crippen molar-refractivity contribution >= 4 is 17.4 Å². The van der Waals surface area contributed by atoms with Gasteiger partial charge in [0, 0.05) is 29.2 Å². The number of nitrogens with zero attached hydrogens (tertiary/aromatic N) is 1. The SMILES string of the molecule is CC1=C(C)C(O/C=C2/C(=O)CC3Cc4ccccc4C23)N(c2ccccc2)C1=O. The van der Waals surface area contributed by atoms with Crippen LogP contribution in [0.15, 0.2) is 77.6 Å². The minimum absolute atomic E-state index is 0.0565. The number of benzene rings is 2. The summed E-state index contributed by atoms with van der Waals surface area (Å²) >= 11 is 0. The van der Waals surface area contributed by atoms with Gasteiger partial charge in [-0.25, -0.2) is 0 Å². The molecule has 0 aromatic heterocycles. The molecule has 0 bridgehead atoms. The maximum Gasteiger partial charge on any atom is 0.257 e. The topological polar surface area (TPSA) is 46.6 Å². The van der Waals surface area contributed by atoms with E-state index in [0.717, 1.165) is 23.3 Å². The highest BCUT2D eigenvalue weighted by molar-refractivity contribution is 6.09. The Kier molecular flexibility index (Phi) is 4.16. The fraction of sp³-hybridized carbons (Fsp3) is 0.280. The summed E-state index contributed by atoms with van der Waals surface area (Å²) in [4.78, 5) is 27.2. The first-order valence-electron chi connectivity index (χ1n) is 10.1. The number of hydrogen-bond donors (Lipinski definition) is 0. The average Bonchev–Trinajstić information content (AvgIpc) is 3.31. The zero-order valence-electron chi connectivity index (χ0n) is 16.6. The Labute approximate surface area is 170 Å². The van der Waals surface area contributed by atoms with E-state index in [1.54, 1.807) is 11.2 Å². The molecule has 2 aromatic rings. The lowest BCUT2D eigenvalue weighted by Crippen LogP contribution is -2.36. The predicted octanol–water partition coefficient (Wildman–Crippen LogP) is 4.53. The van der Waals surface area contributed by atoms with Crippen molar-refractivity contribution in [1.29, 1.82) is 0 Å². The third-order valence-corrected chi connectivity index (χ3v) is 6.54. The Bertz CT molecular complexity index is 1070. The van der Waals surface area contributed by atoms with Crippen LogP contribution in [0, 0.1) is 5.92 Å². The minimum Gasteiger partial charge on any atom is -0.473 e. The minimum atomic E-state index is -0.527. The van der Waals surface area contributed by atoms with E-state index in [0.29, 0.717) is 17.9 Å². The third kappa shape index (κ3) is 2.74. The Balaban J connectivity index is 1.48. The van der Waals surface area contributed by atoms with Gasteiger partial charge in [-0.15, -0.1) is 0 Å². The number of amides is 1. The summed E-state index contributed by atoms with van der Waals surface area (Å²) in [6.45, 7) is 3.75. The number of carbonyl (C=O) groups excluding carboxylic acids is 2. The predicted molar refractivity (Wildman–Crippen MR) is 111 cm³/mol. The number of ether oxygens (including phenoxy) is 1. The molecule has 5 rings (SSSR count). The van der Waals surface area contributed by atoms with Crippen LogP contribution in [-0.2, 0) is 20.7 Å². The molecule has 146 valence electrons. The van der Waals surface area contributed by atoms with E-state index < -0.39 is 6.23 Å².